The van der Waals surface area contributed by atoms with Crippen molar-refractivity contribution in [3.05, 3.63) is 41.1 Å². The fourth-order valence-corrected chi connectivity index (χ4v) is 2.19. The van der Waals surface area contributed by atoms with Crippen molar-refractivity contribution in [1.29, 1.82) is 0 Å². The van der Waals surface area contributed by atoms with Crippen LogP contribution in [-0.2, 0) is 4.79 Å². The lowest BCUT2D eigenvalue weighted by Crippen LogP contribution is -2.19. The van der Waals surface area contributed by atoms with Gasteiger partial charge in [-0.3, -0.25) is 4.79 Å². The molecule has 1 amide bonds. The van der Waals surface area contributed by atoms with Gasteiger partial charge in [0.25, 0.3) is 0 Å². The molecule has 0 spiro atoms. The lowest BCUT2D eigenvalue weighted by molar-refractivity contribution is -0.112. The number of likely N-dealkylation sites (tertiary alicyclic amines) is 1. The zero-order valence-corrected chi connectivity index (χ0v) is 11.2. The number of nitrogens with zero attached hydrogens (tertiary/aromatic N) is 1. The van der Waals surface area contributed by atoms with Crippen LogP contribution < -0.4 is 5.32 Å². The molecule has 1 aromatic carbocycles. The summed E-state index contributed by atoms with van der Waals surface area (Å²) in [5, 5.41) is 3.49. The SMILES string of the molecule is C/C(=C\C(=O)Nc1ccc(Cl)cc1)N1CCCC1. The number of allylic oxidation sites excluding steroid dienone is 1. The molecule has 0 atom stereocenters. The van der Waals surface area contributed by atoms with Gasteiger partial charge in [0.1, 0.15) is 0 Å². The number of rotatable bonds is 3. The number of benzene rings is 1. The number of carbonyl (C=O) groups excluding carboxylic acids is 1. The number of anilines is 1. The predicted molar refractivity (Wildman–Crippen MR) is 74.6 cm³/mol. The maximum absolute atomic E-state index is 11.8. The van der Waals surface area contributed by atoms with Crippen LogP contribution in [0.4, 0.5) is 5.69 Å². The van der Waals surface area contributed by atoms with Crippen molar-refractivity contribution in [2.45, 2.75) is 19.8 Å². The number of nitrogens with one attached hydrogen (secondary N) is 1. The van der Waals surface area contributed by atoms with E-state index in [0.717, 1.165) is 24.5 Å². The standard InChI is InChI=1S/C14H17ClN2O/c1-11(17-8-2-3-9-17)10-14(18)16-13-6-4-12(15)5-7-13/h4-7,10H,2-3,8-9H2,1H3,(H,16,18)/b11-10+. The molecule has 0 aromatic heterocycles. The first-order valence-corrected chi connectivity index (χ1v) is 6.53. The molecular formula is C14H17ClN2O. The molecule has 1 aromatic rings. The Kier molecular flexibility index (Phi) is 4.26. The Labute approximate surface area is 112 Å². The minimum Gasteiger partial charge on any atom is -0.375 e. The first-order valence-electron chi connectivity index (χ1n) is 6.15. The Balaban J connectivity index is 1.95. The molecule has 96 valence electrons. The third kappa shape index (κ3) is 3.50. The van der Waals surface area contributed by atoms with E-state index in [9.17, 15) is 4.79 Å². The average molecular weight is 265 g/mol. The summed E-state index contributed by atoms with van der Waals surface area (Å²) in [7, 11) is 0. The molecule has 0 bridgehead atoms. The number of hydrogen-bond donors (Lipinski definition) is 1. The topological polar surface area (TPSA) is 32.3 Å². The van der Waals surface area contributed by atoms with Crippen molar-refractivity contribution in [1.82, 2.24) is 4.90 Å². The van der Waals surface area contributed by atoms with Crippen LogP contribution in [0.25, 0.3) is 0 Å². The monoisotopic (exact) mass is 264 g/mol. The smallest absolute Gasteiger partial charge is 0.250 e. The lowest BCUT2D eigenvalue weighted by Gasteiger charge is -2.17. The average Bonchev–Trinajstić information content (AvgIpc) is 2.85. The molecule has 1 fully saturated rings. The second kappa shape index (κ2) is 5.91. The predicted octanol–water partition coefficient (Wildman–Crippen LogP) is 3.28. The van der Waals surface area contributed by atoms with Crippen LogP contribution in [0.2, 0.25) is 5.02 Å². The molecule has 0 aliphatic carbocycles. The minimum absolute atomic E-state index is 0.0956. The number of halogens is 1. The summed E-state index contributed by atoms with van der Waals surface area (Å²) in [4.78, 5) is 14.1. The Morgan fingerprint density at radius 2 is 1.89 bits per heavy atom. The van der Waals surface area contributed by atoms with Crippen molar-refractivity contribution in [3.63, 3.8) is 0 Å². The molecular weight excluding hydrogens is 248 g/mol. The van der Waals surface area contributed by atoms with Gasteiger partial charge in [-0.25, -0.2) is 0 Å². The minimum atomic E-state index is -0.0956. The molecule has 1 saturated heterocycles. The number of hydrogen-bond acceptors (Lipinski definition) is 2. The quantitative estimate of drug-likeness (QED) is 0.850. The summed E-state index contributed by atoms with van der Waals surface area (Å²) in [6, 6.07) is 7.10. The normalized spacial score (nSPS) is 15.9. The largest absolute Gasteiger partial charge is 0.375 e. The lowest BCUT2D eigenvalue weighted by atomic mass is 10.3. The van der Waals surface area contributed by atoms with E-state index in [0.29, 0.717) is 5.02 Å². The van der Waals surface area contributed by atoms with Gasteiger partial charge >= 0.3 is 0 Å². The van der Waals surface area contributed by atoms with Crippen molar-refractivity contribution < 1.29 is 4.79 Å². The highest BCUT2D eigenvalue weighted by atomic mass is 35.5. The Morgan fingerprint density at radius 1 is 1.28 bits per heavy atom. The van der Waals surface area contributed by atoms with Gasteiger partial charge in [0, 0.05) is 35.6 Å². The van der Waals surface area contributed by atoms with Gasteiger partial charge in [-0.2, -0.15) is 0 Å². The molecule has 1 N–H and O–H groups in total. The van der Waals surface area contributed by atoms with Crippen molar-refractivity contribution in [2.24, 2.45) is 0 Å². The highest BCUT2D eigenvalue weighted by Crippen LogP contribution is 2.15. The molecule has 0 radical (unpaired) electrons. The molecule has 1 aliphatic rings. The summed E-state index contributed by atoms with van der Waals surface area (Å²) < 4.78 is 0. The molecule has 0 unspecified atom stereocenters. The van der Waals surface area contributed by atoms with Crippen LogP contribution in [0.1, 0.15) is 19.8 Å². The molecule has 4 heteroatoms. The maximum atomic E-state index is 11.8. The van der Waals surface area contributed by atoms with Crippen LogP contribution in [0.5, 0.6) is 0 Å². The van der Waals surface area contributed by atoms with Crippen LogP contribution in [0.15, 0.2) is 36.0 Å². The highest BCUT2D eigenvalue weighted by Gasteiger charge is 2.12. The number of amides is 1. The Hall–Kier alpha value is -1.48. The maximum Gasteiger partial charge on any atom is 0.250 e. The van der Waals surface area contributed by atoms with Crippen LogP contribution in [-0.4, -0.2) is 23.9 Å². The third-order valence-corrected chi connectivity index (χ3v) is 3.31. The van der Waals surface area contributed by atoms with Gasteiger partial charge in [0.15, 0.2) is 0 Å². The van der Waals surface area contributed by atoms with Crippen molar-refractivity contribution in [2.75, 3.05) is 18.4 Å². The van der Waals surface area contributed by atoms with Crippen LogP contribution in [0, 0.1) is 0 Å². The zero-order valence-electron chi connectivity index (χ0n) is 10.4. The van der Waals surface area contributed by atoms with Gasteiger partial charge in [0.05, 0.1) is 0 Å². The van der Waals surface area contributed by atoms with Crippen molar-refractivity contribution in [3.8, 4) is 0 Å². The van der Waals surface area contributed by atoms with E-state index >= 15 is 0 Å². The Morgan fingerprint density at radius 3 is 2.50 bits per heavy atom. The molecule has 18 heavy (non-hydrogen) atoms. The second-order valence-corrected chi connectivity index (χ2v) is 4.91. The van der Waals surface area contributed by atoms with E-state index in [4.69, 9.17) is 11.6 Å². The van der Waals surface area contributed by atoms with E-state index in [2.05, 4.69) is 10.2 Å². The van der Waals surface area contributed by atoms with Gasteiger partial charge in [-0.15, -0.1) is 0 Å². The first kappa shape index (κ1) is 13.0. The van der Waals surface area contributed by atoms with E-state index in [1.54, 1.807) is 30.3 Å². The zero-order chi connectivity index (χ0) is 13.0. The van der Waals surface area contributed by atoms with Gasteiger partial charge < -0.3 is 10.2 Å². The van der Waals surface area contributed by atoms with E-state index in [1.165, 1.54) is 12.8 Å². The molecule has 0 saturated carbocycles. The van der Waals surface area contributed by atoms with Crippen LogP contribution >= 0.6 is 11.6 Å². The number of carbonyl (C=O) groups is 1. The molecule has 3 nitrogen and oxygen atoms in total. The summed E-state index contributed by atoms with van der Waals surface area (Å²) in [5.41, 5.74) is 1.79. The van der Waals surface area contributed by atoms with Crippen molar-refractivity contribution >= 4 is 23.2 Å². The Bertz CT molecular complexity index is 447. The molecule has 2 rings (SSSR count). The molecule has 1 aliphatic heterocycles. The summed E-state index contributed by atoms with van der Waals surface area (Å²) in [6.45, 7) is 4.08. The van der Waals surface area contributed by atoms with Gasteiger partial charge in [0.2, 0.25) is 5.91 Å². The van der Waals surface area contributed by atoms with E-state index < -0.39 is 0 Å². The fourth-order valence-electron chi connectivity index (χ4n) is 2.06. The second-order valence-electron chi connectivity index (χ2n) is 4.48. The third-order valence-electron chi connectivity index (χ3n) is 3.06. The summed E-state index contributed by atoms with van der Waals surface area (Å²) in [5.74, 6) is -0.0956. The summed E-state index contributed by atoms with van der Waals surface area (Å²) >= 11 is 5.79. The van der Waals surface area contributed by atoms with Gasteiger partial charge in [-0.05, 0) is 44.0 Å². The molecule has 1 heterocycles. The van der Waals surface area contributed by atoms with Gasteiger partial charge in [-0.1, -0.05) is 11.6 Å². The fraction of sp³-hybridized carbons (Fsp3) is 0.357. The summed E-state index contributed by atoms with van der Waals surface area (Å²) in [6.07, 6.45) is 4.08. The van der Waals surface area contributed by atoms with Crippen LogP contribution in [0.3, 0.4) is 0 Å². The van der Waals surface area contributed by atoms with E-state index in [1.807, 2.05) is 6.92 Å². The highest BCUT2D eigenvalue weighted by molar-refractivity contribution is 6.30. The van der Waals surface area contributed by atoms with E-state index in [-0.39, 0.29) is 5.91 Å². The first-order chi connectivity index (χ1) is 8.65.